The molecular weight excluding hydrogens is 395 g/mol. The fourth-order valence-electron chi connectivity index (χ4n) is 2.13. The minimum Gasteiger partial charge on any atom is -0.497 e. The first-order valence-electron chi connectivity index (χ1n) is 8.17. The number of esters is 1. The molecule has 0 fully saturated rings. The Morgan fingerprint density at radius 2 is 1.82 bits per heavy atom. The Bertz CT molecular complexity index is 810. The molecule has 1 amide bonds. The maximum atomic E-state index is 12.7. The van der Waals surface area contributed by atoms with Gasteiger partial charge < -0.3 is 14.8 Å². The van der Waals surface area contributed by atoms with Gasteiger partial charge in [-0.25, -0.2) is 0 Å². The van der Waals surface area contributed by atoms with E-state index in [2.05, 4.69) is 5.32 Å². The maximum absolute atomic E-state index is 12.7. The molecule has 2 rings (SSSR count). The van der Waals surface area contributed by atoms with Crippen LogP contribution >= 0.6 is 11.8 Å². The summed E-state index contributed by atoms with van der Waals surface area (Å²) in [5.41, 5.74) is -0.357. The predicted molar refractivity (Wildman–Crippen MR) is 98.5 cm³/mol. The summed E-state index contributed by atoms with van der Waals surface area (Å²) in [4.78, 5) is 24.0. The monoisotopic (exact) mass is 413 g/mol. The molecule has 5 nitrogen and oxygen atoms in total. The highest BCUT2D eigenvalue weighted by molar-refractivity contribution is 7.99. The zero-order valence-electron chi connectivity index (χ0n) is 14.9. The highest BCUT2D eigenvalue weighted by atomic mass is 32.2. The van der Waals surface area contributed by atoms with Crippen LogP contribution in [0.5, 0.6) is 5.75 Å². The predicted octanol–water partition coefficient (Wildman–Crippen LogP) is 3.78. The maximum Gasteiger partial charge on any atom is 0.416 e. The third-order valence-electron chi connectivity index (χ3n) is 3.52. The zero-order valence-corrected chi connectivity index (χ0v) is 15.7. The van der Waals surface area contributed by atoms with Gasteiger partial charge in [0, 0.05) is 16.2 Å². The number of rotatable bonds is 8. The second-order valence-electron chi connectivity index (χ2n) is 5.51. The van der Waals surface area contributed by atoms with Crippen LogP contribution in [0.2, 0.25) is 0 Å². The van der Waals surface area contributed by atoms with Crippen LogP contribution in [-0.4, -0.2) is 37.9 Å². The molecule has 28 heavy (non-hydrogen) atoms. The molecule has 9 heteroatoms. The summed E-state index contributed by atoms with van der Waals surface area (Å²) in [5, 5.41) is 2.43. The van der Waals surface area contributed by atoms with E-state index in [0.29, 0.717) is 22.0 Å². The van der Waals surface area contributed by atoms with Crippen LogP contribution in [0.15, 0.2) is 53.4 Å². The van der Waals surface area contributed by atoms with E-state index in [9.17, 15) is 22.8 Å². The van der Waals surface area contributed by atoms with Crippen LogP contribution in [0, 0.1) is 0 Å². The number of thioether (sulfide) groups is 1. The summed E-state index contributed by atoms with van der Waals surface area (Å²) >= 11 is 1.14. The minimum atomic E-state index is -4.40. The first-order chi connectivity index (χ1) is 13.3. The number of ether oxygens (including phenoxy) is 2. The largest absolute Gasteiger partial charge is 0.497 e. The fourth-order valence-corrected chi connectivity index (χ4v) is 2.91. The number of benzene rings is 2. The number of alkyl halides is 3. The van der Waals surface area contributed by atoms with Gasteiger partial charge in [0.2, 0.25) is 0 Å². The van der Waals surface area contributed by atoms with Gasteiger partial charge in [0.25, 0.3) is 5.91 Å². The molecule has 0 aliphatic carbocycles. The van der Waals surface area contributed by atoms with Gasteiger partial charge in [-0.1, -0.05) is 6.07 Å². The number of hydrogen-bond donors (Lipinski definition) is 1. The molecule has 0 aliphatic heterocycles. The standard InChI is InChI=1S/C19H18F3NO4S/c1-26-15-7-5-13(6-8-15)18(25)23-12-17(24)27-9-10-28-16-4-2-3-14(11-16)19(20,21)22/h2-8,11H,9-10,12H2,1H3,(H,23,25). The Morgan fingerprint density at radius 3 is 2.46 bits per heavy atom. The number of methoxy groups -OCH3 is 1. The molecular formula is C19H18F3NO4S. The van der Waals surface area contributed by atoms with Crippen molar-refractivity contribution >= 4 is 23.6 Å². The highest BCUT2D eigenvalue weighted by Gasteiger charge is 2.30. The topological polar surface area (TPSA) is 64.6 Å². The van der Waals surface area contributed by atoms with Crippen molar-refractivity contribution < 1.29 is 32.2 Å². The molecule has 0 spiro atoms. The molecule has 0 saturated heterocycles. The van der Waals surface area contributed by atoms with Gasteiger partial charge in [-0.3, -0.25) is 9.59 Å². The normalized spacial score (nSPS) is 11.0. The van der Waals surface area contributed by atoms with E-state index in [1.165, 1.54) is 13.2 Å². The van der Waals surface area contributed by atoms with Crippen molar-refractivity contribution in [3.05, 3.63) is 59.7 Å². The quantitative estimate of drug-likeness (QED) is 0.405. The van der Waals surface area contributed by atoms with Gasteiger partial charge in [-0.2, -0.15) is 13.2 Å². The Hall–Kier alpha value is -2.68. The molecule has 0 atom stereocenters. The lowest BCUT2D eigenvalue weighted by atomic mass is 10.2. The summed E-state index contributed by atoms with van der Waals surface area (Å²) in [6.45, 7) is -0.294. The van der Waals surface area contributed by atoms with E-state index >= 15 is 0 Å². The summed E-state index contributed by atoms with van der Waals surface area (Å²) in [6, 6.07) is 11.3. The van der Waals surface area contributed by atoms with E-state index in [1.807, 2.05) is 0 Å². The minimum absolute atomic E-state index is 0.0121. The smallest absolute Gasteiger partial charge is 0.416 e. The molecule has 0 aromatic heterocycles. The number of hydrogen-bond acceptors (Lipinski definition) is 5. The van der Waals surface area contributed by atoms with E-state index < -0.39 is 23.6 Å². The summed E-state index contributed by atoms with van der Waals surface area (Å²) < 4.78 is 47.9. The highest BCUT2D eigenvalue weighted by Crippen LogP contribution is 2.31. The van der Waals surface area contributed by atoms with Crippen LogP contribution in [0.3, 0.4) is 0 Å². The van der Waals surface area contributed by atoms with Crippen LogP contribution in [0.1, 0.15) is 15.9 Å². The average Bonchev–Trinajstić information content (AvgIpc) is 2.69. The van der Waals surface area contributed by atoms with Gasteiger partial charge in [0.05, 0.1) is 12.7 Å². The molecule has 150 valence electrons. The molecule has 0 heterocycles. The van der Waals surface area contributed by atoms with Gasteiger partial charge in [0.15, 0.2) is 0 Å². The summed E-state index contributed by atoms with van der Waals surface area (Å²) in [6.07, 6.45) is -4.40. The van der Waals surface area contributed by atoms with E-state index in [-0.39, 0.29) is 13.2 Å². The Balaban J connectivity index is 1.69. The molecule has 2 aromatic carbocycles. The molecule has 0 saturated carbocycles. The lowest BCUT2D eigenvalue weighted by Gasteiger charge is -2.09. The molecule has 0 aliphatic rings. The molecule has 0 unspecified atom stereocenters. The Kier molecular flexibility index (Phi) is 7.74. The fraction of sp³-hybridized carbons (Fsp3) is 0.263. The number of carbonyl (C=O) groups excluding carboxylic acids is 2. The second-order valence-corrected chi connectivity index (χ2v) is 6.67. The molecule has 0 bridgehead atoms. The van der Waals surface area contributed by atoms with Crippen molar-refractivity contribution in [1.82, 2.24) is 5.32 Å². The van der Waals surface area contributed by atoms with Crippen LogP contribution in [0.4, 0.5) is 13.2 Å². The molecule has 1 N–H and O–H groups in total. The number of carbonyl (C=O) groups is 2. The van der Waals surface area contributed by atoms with Crippen molar-refractivity contribution in [2.75, 3.05) is 26.0 Å². The lowest BCUT2D eigenvalue weighted by Crippen LogP contribution is -2.30. The van der Waals surface area contributed by atoms with Crippen LogP contribution in [0.25, 0.3) is 0 Å². The Morgan fingerprint density at radius 1 is 1.11 bits per heavy atom. The van der Waals surface area contributed by atoms with Crippen molar-refractivity contribution in [2.45, 2.75) is 11.1 Å². The second kappa shape index (κ2) is 10.0. The van der Waals surface area contributed by atoms with Gasteiger partial charge in [-0.05, 0) is 42.5 Å². The van der Waals surface area contributed by atoms with Gasteiger partial charge in [-0.15, -0.1) is 11.8 Å². The van der Waals surface area contributed by atoms with Crippen molar-refractivity contribution in [3.8, 4) is 5.75 Å². The van der Waals surface area contributed by atoms with Crippen LogP contribution < -0.4 is 10.1 Å². The molecule has 2 aromatic rings. The van der Waals surface area contributed by atoms with Gasteiger partial charge in [0.1, 0.15) is 18.9 Å². The van der Waals surface area contributed by atoms with Gasteiger partial charge >= 0.3 is 12.1 Å². The first kappa shape index (κ1) is 21.6. The van der Waals surface area contributed by atoms with E-state index in [1.54, 1.807) is 30.3 Å². The third kappa shape index (κ3) is 6.80. The third-order valence-corrected chi connectivity index (χ3v) is 4.48. The van der Waals surface area contributed by atoms with Crippen LogP contribution in [-0.2, 0) is 15.7 Å². The zero-order chi connectivity index (χ0) is 20.6. The van der Waals surface area contributed by atoms with E-state index in [0.717, 1.165) is 23.9 Å². The van der Waals surface area contributed by atoms with Crippen molar-refractivity contribution in [3.63, 3.8) is 0 Å². The SMILES string of the molecule is COc1ccc(C(=O)NCC(=O)OCCSc2cccc(C(F)(F)F)c2)cc1. The number of nitrogens with one attached hydrogen (secondary N) is 1. The Labute approximate surface area is 164 Å². The number of amides is 1. The first-order valence-corrected chi connectivity index (χ1v) is 9.16. The molecule has 0 radical (unpaired) electrons. The summed E-state index contributed by atoms with van der Waals surface area (Å²) in [7, 11) is 1.51. The summed E-state index contributed by atoms with van der Waals surface area (Å²) in [5.74, 6) is -0.168. The lowest BCUT2D eigenvalue weighted by molar-refractivity contribution is -0.141. The number of halogens is 3. The van der Waals surface area contributed by atoms with E-state index in [4.69, 9.17) is 9.47 Å². The van der Waals surface area contributed by atoms with Crippen molar-refractivity contribution in [1.29, 1.82) is 0 Å². The average molecular weight is 413 g/mol. The van der Waals surface area contributed by atoms with Crippen molar-refractivity contribution in [2.24, 2.45) is 0 Å².